The van der Waals surface area contributed by atoms with Gasteiger partial charge in [0.05, 0.1) is 9.85 Å². The molecule has 0 fully saturated rings. The van der Waals surface area contributed by atoms with Crippen molar-refractivity contribution >= 4 is 29.3 Å². The van der Waals surface area contributed by atoms with Crippen LogP contribution in [0.25, 0.3) is 12.2 Å². The van der Waals surface area contributed by atoms with Crippen molar-refractivity contribution in [1.82, 2.24) is 0 Å². The minimum Gasteiger partial charge on any atom is -0.290 e. The molecule has 0 aliphatic carbocycles. The summed E-state index contributed by atoms with van der Waals surface area (Å²) in [6.45, 7) is 2.03. The van der Waals surface area contributed by atoms with Gasteiger partial charge >= 0.3 is 0 Å². The van der Waals surface area contributed by atoms with Gasteiger partial charge in [0.25, 0.3) is 11.4 Å². The number of nitrogens with zero attached hydrogens (tertiary/aromatic N) is 2. The quantitative estimate of drug-likeness (QED) is 0.331. The fourth-order valence-corrected chi connectivity index (χ4v) is 2.51. The third-order valence-corrected chi connectivity index (χ3v) is 4.09. The Morgan fingerprint density at radius 1 is 0.893 bits per heavy atom. The zero-order chi connectivity index (χ0) is 20.5. The van der Waals surface area contributed by atoms with Gasteiger partial charge in [0.2, 0.25) is 0 Å². The van der Waals surface area contributed by atoms with E-state index in [1.165, 1.54) is 30.3 Å². The van der Waals surface area contributed by atoms with Gasteiger partial charge in [0, 0.05) is 29.8 Å². The number of unbranched alkanes of at least 4 members (excludes halogenated alkanes) is 1. The van der Waals surface area contributed by atoms with Gasteiger partial charge in [-0.05, 0) is 60.4 Å². The van der Waals surface area contributed by atoms with E-state index in [-0.39, 0.29) is 17.2 Å². The third kappa shape index (κ3) is 5.98. The molecule has 0 aliphatic heterocycles. The number of ketones is 1. The molecule has 0 bridgehead atoms. The van der Waals surface area contributed by atoms with E-state index in [0.717, 1.165) is 12.8 Å². The van der Waals surface area contributed by atoms with Crippen molar-refractivity contribution in [2.24, 2.45) is 0 Å². The minimum atomic E-state index is -0.478. The predicted molar refractivity (Wildman–Crippen MR) is 108 cm³/mol. The Morgan fingerprint density at radius 2 is 1.39 bits per heavy atom. The second-order valence-corrected chi connectivity index (χ2v) is 6.17. The number of allylic oxidation sites excluding steroid dienone is 2. The van der Waals surface area contributed by atoms with E-state index in [4.69, 9.17) is 0 Å². The topological polar surface area (TPSA) is 103 Å². The Hall–Kier alpha value is -3.61. The van der Waals surface area contributed by atoms with Crippen molar-refractivity contribution in [1.29, 1.82) is 0 Å². The van der Waals surface area contributed by atoms with Crippen LogP contribution < -0.4 is 0 Å². The fraction of sp³-hybridized carbons (Fsp3) is 0.190. The van der Waals surface area contributed by atoms with Crippen LogP contribution in [0.2, 0.25) is 0 Å². The number of non-ortho nitro benzene ring substituents is 2. The lowest BCUT2D eigenvalue weighted by Gasteiger charge is -2.04. The number of carbonyl (C=O) groups excluding carboxylic acids is 1. The molecule has 28 heavy (non-hydrogen) atoms. The van der Waals surface area contributed by atoms with E-state index < -0.39 is 9.85 Å². The van der Waals surface area contributed by atoms with Crippen LogP contribution in [0.4, 0.5) is 11.4 Å². The average molecular weight is 380 g/mol. The molecule has 0 saturated carbocycles. The number of benzene rings is 2. The summed E-state index contributed by atoms with van der Waals surface area (Å²) >= 11 is 0. The summed E-state index contributed by atoms with van der Waals surface area (Å²) in [4.78, 5) is 33.1. The third-order valence-electron chi connectivity index (χ3n) is 4.09. The normalized spacial score (nSPS) is 11.5. The highest BCUT2D eigenvalue weighted by Crippen LogP contribution is 2.19. The lowest BCUT2D eigenvalue weighted by molar-refractivity contribution is -0.385. The summed E-state index contributed by atoms with van der Waals surface area (Å²) in [5, 5.41) is 21.4. The maximum Gasteiger partial charge on any atom is 0.269 e. The summed E-state index contributed by atoms with van der Waals surface area (Å²) < 4.78 is 0. The number of nitro groups is 2. The van der Waals surface area contributed by atoms with Crippen molar-refractivity contribution in [2.75, 3.05) is 0 Å². The second-order valence-electron chi connectivity index (χ2n) is 6.17. The summed E-state index contributed by atoms with van der Waals surface area (Å²) in [5.41, 5.74) is 1.99. The molecule has 0 heterocycles. The number of hydrogen-bond donors (Lipinski definition) is 0. The maximum atomic E-state index is 12.6. The molecule has 2 aromatic carbocycles. The number of nitro benzene ring substituents is 2. The second kappa shape index (κ2) is 9.91. The Bertz CT molecular complexity index is 913. The summed E-state index contributed by atoms with van der Waals surface area (Å²) in [6.07, 6.45) is 7.15. The maximum absolute atomic E-state index is 12.6. The molecule has 7 nitrogen and oxygen atoms in total. The average Bonchev–Trinajstić information content (AvgIpc) is 2.69. The Balaban J connectivity index is 2.19. The van der Waals surface area contributed by atoms with Gasteiger partial charge in [-0.15, -0.1) is 0 Å². The van der Waals surface area contributed by atoms with Gasteiger partial charge in [-0.3, -0.25) is 25.0 Å². The Labute approximate surface area is 162 Å². The zero-order valence-electron chi connectivity index (χ0n) is 15.4. The van der Waals surface area contributed by atoms with Gasteiger partial charge in [0.15, 0.2) is 5.78 Å². The molecule has 0 aromatic heterocycles. The number of carbonyl (C=O) groups is 1. The first kappa shape index (κ1) is 20.7. The van der Waals surface area contributed by atoms with Crippen molar-refractivity contribution in [3.05, 3.63) is 91.5 Å². The lowest BCUT2D eigenvalue weighted by Crippen LogP contribution is -1.99. The Kier molecular flexibility index (Phi) is 7.33. The molecule has 0 N–H and O–H groups in total. The van der Waals surface area contributed by atoms with Crippen LogP contribution in [0.5, 0.6) is 0 Å². The molecule has 0 amide bonds. The molecule has 2 rings (SSSR count). The SMILES string of the molecule is CCCC/C(=C\c1ccc([N+](=O)[O-])cc1)C(=O)/C=C/c1ccc([N+](=O)[O-])cc1. The molecule has 0 radical (unpaired) electrons. The molecule has 7 heteroatoms. The van der Waals surface area contributed by atoms with E-state index in [1.807, 2.05) is 6.92 Å². The summed E-state index contributed by atoms with van der Waals surface area (Å²) in [7, 11) is 0. The number of hydrogen-bond acceptors (Lipinski definition) is 5. The molecule has 0 saturated heterocycles. The van der Waals surface area contributed by atoms with Crippen LogP contribution in [0, 0.1) is 20.2 Å². The molecular formula is C21H20N2O5. The van der Waals surface area contributed by atoms with Crippen molar-refractivity contribution in [3.63, 3.8) is 0 Å². The van der Waals surface area contributed by atoms with Gasteiger partial charge in [-0.1, -0.05) is 19.4 Å². The molecule has 0 spiro atoms. The van der Waals surface area contributed by atoms with E-state index in [1.54, 1.807) is 36.4 Å². The van der Waals surface area contributed by atoms with Crippen LogP contribution in [0.3, 0.4) is 0 Å². The van der Waals surface area contributed by atoms with Gasteiger partial charge in [-0.2, -0.15) is 0 Å². The van der Waals surface area contributed by atoms with Gasteiger partial charge < -0.3 is 0 Å². The monoisotopic (exact) mass is 380 g/mol. The van der Waals surface area contributed by atoms with Gasteiger partial charge in [0.1, 0.15) is 0 Å². The van der Waals surface area contributed by atoms with Gasteiger partial charge in [-0.25, -0.2) is 0 Å². The minimum absolute atomic E-state index is 0.00310. The zero-order valence-corrected chi connectivity index (χ0v) is 15.4. The highest BCUT2D eigenvalue weighted by Gasteiger charge is 2.09. The van der Waals surface area contributed by atoms with Crippen LogP contribution >= 0.6 is 0 Å². The van der Waals surface area contributed by atoms with Crippen LogP contribution in [0.15, 0.2) is 60.2 Å². The number of rotatable bonds is 9. The molecule has 0 unspecified atom stereocenters. The standard InChI is InChI=1S/C21H20N2O5/c1-2-3-4-18(15-17-7-12-20(13-8-17)23(27)28)21(24)14-9-16-5-10-19(11-6-16)22(25)26/h5-15H,2-4H2,1H3/b14-9+,18-15+. The van der Waals surface area contributed by atoms with Crippen LogP contribution in [-0.2, 0) is 4.79 Å². The highest BCUT2D eigenvalue weighted by atomic mass is 16.6. The largest absolute Gasteiger partial charge is 0.290 e. The molecular weight excluding hydrogens is 360 g/mol. The summed E-state index contributed by atoms with van der Waals surface area (Å²) in [5.74, 6) is -0.162. The summed E-state index contributed by atoms with van der Waals surface area (Å²) in [6, 6.07) is 11.9. The molecule has 0 atom stereocenters. The first-order chi connectivity index (χ1) is 13.4. The first-order valence-electron chi connectivity index (χ1n) is 8.82. The van der Waals surface area contributed by atoms with Crippen LogP contribution in [0.1, 0.15) is 37.3 Å². The fourth-order valence-electron chi connectivity index (χ4n) is 2.51. The highest BCUT2D eigenvalue weighted by molar-refractivity contribution is 6.09. The Morgan fingerprint density at radius 3 is 1.86 bits per heavy atom. The van der Waals surface area contributed by atoms with E-state index in [2.05, 4.69) is 0 Å². The van der Waals surface area contributed by atoms with E-state index in [9.17, 15) is 25.0 Å². The molecule has 0 aliphatic rings. The van der Waals surface area contributed by atoms with E-state index in [0.29, 0.717) is 23.1 Å². The van der Waals surface area contributed by atoms with Crippen molar-refractivity contribution in [2.45, 2.75) is 26.2 Å². The van der Waals surface area contributed by atoms with Crippen molar-refractivity contribution < 1.29 is 14.6 Å². The van der Waals surface area contributed by atoms with E-state index >= 15 is 0 Å². The van der Waals surface area contributed by atoms with Crippen molar-refractivity contribution in [3.8, 4) is 0 Å². The lowest BCUT2D eigenvalue weighted by atomic mass is 10.0. The molecule has 2 aromatic rings. The predicted octanol–water partition coefficient (Wildman–Crippen LogP) is 5.36. The van der Waals surface area contributed by atoms with Crippen LogP contribution in [-0.4, -0.2) is 15.6 Å². The first-order valence-corrected chi connectivity index (χ1v) is 8.82. The molecule has 144 valence electrons. The smallest absolute Gasteiger partial charge is 0.269 e.